The van der Waals surface area contributed by atoms with Crippen LogP contribution >= 0.6 is 11.8 Å². The molecule has 0 bridgehead atoms. The van der Waals surface area contributed by atoms with Gasteiger partial charge in [0.05, 0.1) is 5.69 Å². The van der Waals surface area contributed by atoms with E-state index in [0.717, 1.165) is 17.4 Å². The summed E-state index contributed by atoms with van der Waals surface area (Å²) in [5.74, 6) is 0. The summed E-state index contributed by atoms with van der Waals surface area (Å²) in [5, 5.41) is 0.802. The van der Waals surface area contributed by atoms with Crippen molar-refractivity contribution < 1.29 is 0 Å². The summed E-state index contributed by atoms with van der Waals surface area (Å²) in [6.45, 7) is 2.09. The zero-order chi connectivity index (χ0) is 12.1. The number of pyridine rings is 1. The van der Waals surface area contributed by atoms with E-state index < -0.39 is 0 Å². The first-order valence-electron chi connectivity index (χ1n) is 6.67. The largest absolute Gasteiger partial charge is 0.323 e. The summed E-state index contributed by atoms with van der Waals surface area (Å²) in [5.41, 5.74) is 6.97. The molecule has 1 saturated carbocycles. The minimum Gasteiger partial charge on any atom is -0.323 e. The topological polar surface area (TPSA) is 38.9 Å². The Kier molecular flexibility index (Phi) is 4.86. The van der Waals surface area contributed by atoms with Gasteiger partial charge in [-0.15, -0.1) is 11.8 Å². The first-order valence-corrected chi connectivity index (χ1v) is 7.55. The highest BCUT2D eigenvalue weighted by atomic mass is 32.2. The molecule has 2 N–H and O–H groups in total. The van der Waals surface area contributed by atoms with Gasteiger partial charge in [-0.2, -0.15) is 0 Å². The molecular formula is C14H22N2S. The van der Waals surface area contributed by atoms with E-state index in [0.29, 0.717) is 0 Å². The van der Waals surface area contributed by atoms with E-state index in [1.807, 2.05) is 18.0 Å². The fourth-order valence-corrected chi connectivity index (χ4v) is 3.48. The fourth-order valence-electron chi connectivity index (χ4n) is 2.27. The third kappa shape index (κ3) is 3.71. The molecule has 17 heavy (non-hydrogen) atoms. The maximum atomic E-state index is 5.96. The van der Waals surface area contributed by atoms with E-state index >= 15 is 0 Å². The van der Waals surface area contributed by atoms with Crippen molar-refractivity contribution in [3.8, 4) is 0 Å². The van der Waals surface area contributed by atoms with Gasteiger partial charge in [0, 0.05) is 22.4 Å². The lowest BCUT2D eigenvalue weighted by molar-refractivity contribution is 0.516. The van der Waals surface area contributed by atoms with Gasteiger partial charge in [0.25, 0.3) is 0 Å². The molecule has 0 spiro atoms. The molecule has 1 aromatic heterocycles. The van der Waals surface area contributed by atoms with Crippen molar-refractivity contribution in [3.63, 3.8) is 0 Å². The Morgan fingerprint density at radius 2 is 2.12 bits per heavy atom. The van der Waals surface area contributed by atoms with Gasteiger partial charge in [-0.05, 0) is 31.4 Å². The van der Waals surface area contributed by atoms with Gasteiger partial charge in [-0.1, -0.05) is 26.2 Å². The Hall–Kier alpha value is -0.540. The number of nitrogens with zero attached hydrogens (tertiary/aromatic N) is 1. The standard InChI is InChI=1S/C14H22N2S/c1-2-13(15)14-9-8-12(10-16-14)17-11-6-4-3-5-7-11/h8-11,13H,2-7,15H2,1H3/t13-/m1/s1. The molecule has 0 aromatic carbocycles. The average molecular weight is 250 g/mol. The van der Waals surface area contributed by atoms with Gasteiger partial charge in [0.15, 0.2) is 0 Å². The summed E-state index contributed by atoms with van der Waals surface area (Å²) >= 11 is 1.99. The number of aromatic nitrogens is 1. The molecule has 1 atom stereocenters. The van der Waals surface area contributed by atoms with E-state index in [-0.39, 0.29) is 6.04 Å². The molecule has 3 heteroatoms. The molecule has 94 valence electrons. The normalized spacial score (nSPS) is 19.2. The van der Waals surface area contributed by atoms with E-state index in [9.17, 15) is 0 Å². The summed E-state index contributed by atoms with van der Waals surface area (Å²) in [4.78, 5) is 5.76. The minimum atomic E-state index is 0.0868. The average Bonchev–Trinajstić information content (AvgIpc) is 2.40. The summed E-state index contributed by atoms with van der Waals surface area (Å²) in [6, 6.07) is 4.35. The number of nitrogens with two attached hydrogens (primary N) is 1. The Morgan fingerprint density at radius 3 is 2.71 bits per heavy atom. The zero-order valence-corrected chi connectivity index (χ0v) is 11.4. The van der Waals surface area contributed by atoms with Crippen LogP contribution in [0, 0.1) is 0 Å². The van der Waals surface area contributed by atoms with Crippen LogP contribution in [0.5, 0.6) is 0 Å². The van der Waals surface area contributed by atoms with Gasteiger partial charge < -0.3 is 5.73 Å². The van der Waals surface area contributed by atoms with Crippen molar-refractivity contribution in [2.75, 3.05) is 0 Å². The third-order valence-electron chi connectivity index (χ3n) is 3.43. The summed E-state index contributed by atoms with van der Waals surface area (Å²) < 4.78 is 0. The summed E-state index contributed by atoms with van der Waals surface area (Å²) in [6.07, 6.45) is 9.86. The van der Waals surface area contributed by atoms with Crippen LogP contribution in [0.2, 0.25) is 0 Å². The van der Waals surface area contributed by atoms with Crippen LogP contribution in [0.4, 0.5) is 0 Å². The molecular weight excluding hydrogens is 228 g/mol. The lowest BCUT2D eigenvalue weighted by atomic mass is 10.0. The lowest BCUT2D eigenvalue weighted by Gasteiger charge is -2.20. The maximum absolute atomic E-state index is 5.96. The van der Waals surface area contributed by atoms with E-state index in [1.165, 1.54) is 37.0 Å². The fraction of sp³-hybridized carbons (Fsp3) is 0.643. The highest BCUT2D eigenvalue weighted by molar-refractivity contribution is 8.00. The molecule has 0 unspecified atom stereocenters. The SMILES string of the molecule is CC[C@@H](N)c1ccc(SC2CCCCC2)cn1. The predicted octanol–water partition coefficient (Wildman–Crippen LogP) is 3.92. The molecule has 1 aromatic rings. The van der Waals surface area contributed by atoms with Crippen LogP contribution in [0.15, 0.2) is 23.2 Å². The molecule has 2 rings (SSSR count). The van der Waals surface area contributed by atoms with E-state index in [2.05, 4.69) is 24.0 Å². The lowest BCUT2D eigenvalue weighted by Crippen LogP contribution is -2.11. The van der Waals surface area contributed by atoms with Crippen LogP contribution in [0.25, 0.3) is 0 Å². The van der Waals surface area contributed by atoms with Crippen LogP contribution in [0.3, 0.4) is 0 Å². The molecule has 2 nitrogen and oxygen atoms in total. The smallest absolute Gasteiger partial charge is 0.0571 e. The highest BCUT2D eigenvalue weighted by Crippen LogP contribution is 2.33. The van der Waals surface area contributed by atoms with Crippen molar-refractivity contribution >= 4 is 11.8 Å². The molecule has 1 aliphatic carbocycles. The van der Waals surface area contributed by atoms with Crippen molar-refractivity contribution in [1.29, 1.82) is 0 Å². The first-order chi connectivity index (χ1) is 8.29. The van der Waals surface area contributed by atoms with E-state index in [1.54, 1.807) is 0 Å². The second-order valence-electron chi connectivity index (χ2n) is 4.81. The molecule has 0 amide bonds. The van der Waals surface area contributed by atoms with Crippen LogP contribution in [-0.2, 0) is 0 Å². The van der Waals surface area contributed by atoms with Gasteiger partial charge in [0.2, 0.25) is 0 Å². The molecule has 0 aliphatic heterocycles. The van der Waals surface area contributed by atoms with Gasteiger partial charge in [0.1, 0.15) is 0 Å². The zero-order valence-electron chi connectivity index (χ0n) is 10.6. The van der Waals surface area contributed by atoms with Crippen LogP contribution in [-0.4, -0.2) is 10.2 Å². The van der Waals surface area contributed by atoms with Crippen molar-refractivity contribution in [1.82, 2.24) is 4.98 Å². The number of rotatable bonds is 4. The molecule has 1 aliphatic rings. The monoisotopic (exact) mass is 250 g/mol. The Morgan fingerprint density at radius 1 is 1.35 bits per heavy atom. The van der Waals surface area contributed by atoms with Gasteiger partial charge >= 0.3 is 0 Å². The van der Waals surface area contributed by atoms with Crippen molar-refractivity contribution in [3.05, 3.63) is 24.0 Å². The number of hydrogen-bond acceptors (Lipinski definition) is 3. The molecule has 0 saturated heterocycles. The van der Waals surface area contributed by atoms with Crippen LogP contribution < -0.4 is 5.73 Å². The Bertz CT molecular complexity index is 331. The van der Waals surface area contributed by atoms with Crippen LogP contribution in [0.1, 0.15) is 57.2 Å². The number of thioether (sulfide) groups is 1. The summed E-state index contributed by atoms with van der Waals surface area (Å²) in [7, 11) is 0. The second-order valence-corrected chi connectivity index (χ2v) is 6.19. The Labute approximate surface area is 108 Å². The quantitative estimate of drug-likeness (QED) is 0.880. The predicted molar refractivity (Wildman–Crippen MR) is 74.2 cm³/mol. The van der Waals surface area contributed by atoms with Gasteiger partial charge in [-0.25, -0.2) is 0 Å². The highest BCUT2D eigenvalue weighted by Gasteiger charge is 2.14. The van der Waals surface area contributed by atoms with Gasteiger partial charge in [-0.3, -0.25) is 4.98 Å². The minimum absolute atomic E-state index is 0.0868. The Balaban J connectivity index is 1.93. The molecule has 0 radical (unpaired) electrons. The van der Waals surface area contributed by atoms with E-state index in [4.69, 9.17) is 5.73 Å². The van der Waals surface area contributed by atoms with Crippen molar-refractivity contribution in [2.24, 2.45) is 5.73 Å². The maximum Gasteiger partial charge on any atom is 0.0571 e. The second kappa shape index (κ2) is 6.41. The molecule has 1 heterocycles. The molecule has 1 fully saturated rings. The van der Waals surface area contributed by atoms with Crippen molar-refractivity contribution in [2.45, 2.75) is 61.6 Å². The number of hydrogen-bond donors (Lipinski definition) is 1. The first kappa shape index (κ1) is 12.9. The third-order valence-corrected chi connectivity index (χ3v) is 4.75.